The quantitative estimate of drug-likeness (QED) is 0.341. The number of carbonyl (C=O) groups is 2. The average molecular weight is 596 g/mol. The molecule has 10 heteroatoms. The molecule has 3 aromatic carbocycles. The van der Waals surface area contributed by atoms with Gasteiger partial charge in [-0.2, -0.15) is 0 Å². The van der Waals surface area contributed by atoms with Crippen LogP contribution in [0.15, 0.2) is 72.8 Å². The lowest BCUT2D eigenvalue weighted by Gasteiger charge is -2.27. The Balaban J connectivity index is 1.33. The van der Waals surface area contributed by atoms with Gasteiger partial charge in [-0.15, -0.1) is 0 Å². The van der Waals surface area contributed by atoms with Crippen LogP contribution in [0, 0.1) is 5.82 Å². The topological polar surface area (TPSA) is 101 Å². The van der Waals surface area contributed by atoms with E-state index < -0.39 is 6.04 Å². The average Bonchev–Trinajstić information content (AvgIpc) is 3.69. The number of nitrogens with zero attached hydrogens (tertiary/aromatic N) is 3. The standard InChI is InChI=1S/C34H30FN3O6/c35-26-7-4-21(5-8-26)22-2-1-3-23(16-22)32-31-25(17-27(36-32)34(41)37-11-14-42-15-12-37)19-38(28(31)10-13-39)33(40)24-6-9-29-30(18-24)44-20-43-29/h1-9,16-18,28,39H,10-15,19-20H2/t28-/m0/s1. The van der Waals surface area contributed by atoms with Gasteiger partial charge in [-0.05, 0) is 65.6 Å². The summed E-state index contributed by atoms with van der Waals surface area (Å²) in [5, 5.41) is 10.1. The maximum Gasteiger partial charge on any atom is 0.272 e. The summed E-state index contributed by atoms with van der Waals surface area (Å²) in [5.41, 5.74) is 5.32. The van der Waals surface area contributed by atoms with Gasteiger partial charge in [-0.3, -0.25) is 9.59 Å². The molecule has 9 nitrogen and oxygen atoms in total. The van der Waals surface area contributed by atoms with Crippen molar-refractivity contribution in [3.63, 3.8) is 0 Å². The van der Waals surface area contributed by atoms with E-state index in [4.69, 9.17) is 19.2 Å². The highest BCUT2D eigenvalue weighted by Crippen LogP contribution is 2.44. The highest BCUT2D eigenvalue weighted by atomic mass is 19.1. The number of halogens is 1. The smallest absolute Gasteiger partial charge is 0.272 e. The van der Waals surface area contributed by atoms with E-state index in [9.17, 15) is 19.1 Å². The molecular formula is C34H30FN3O6. The molecule has 2 amide bonds. The molecule has 4 aromatic rings. The summed E-state index contributed by atoms with van der Waals surface area (Å²) < 4.78 is 30.0. The highest BCUT2D eigenvalue weighted by molar-refractivity contribution is 5.97. The van der Waals surface area contributed by atoms with E-state index >= 15 is 0 Å². The molecular weight excluding hydrogens is 565 g/mol. The molecule has 7 rings (SSSR count). The maximum absolute atomic E-state index is 14.0. The number of ether oxygens (including phenoxy) is 3. The number of aliphatic hydroxyl groups excluding tert-OH is 1. The number of rotatable bonds is 6. The van der Waals surface area contributed by atoms with Crippen molar-refractivity contribution in [2.75, 3.05) is 39.7 Å². The second-order valence-electron chi connectivity index (χ2n) is 11.0. The Morgan fingerprint density at radius 1 is 0.886 bits per heavy atom. The van der Waals surface area contributed by atoms with Crippen LogP contribution in [0.1, 0.15) is 44.4 Å². The first-order valence-corrected chi connectivity index (χ1v) is 14.6. The molecule has 1 fully saturated rings. The number of aromatic nitrogens is 1. The number of pyridine rings is 1. The highest BCUT2D eigenvalue weighted by Gasteiger charge is 2.38. The predicted octanol–water partition coefficient (Wildman–Crippen LogP) is 4.84. The van der Waals surface area contributed by atoms with Gasteiger partial charge in [0, 0.05) is 42.9 Å². The van der Waals surface area contributed by atoms with Crippen molar-refractivity contribution in [1.29, 1.82) is 0 Å². The molecule has 1 N–H and O–H groups in total. The normalized spacial score (nSPS) is 17.1. The summed E-state index contributed by atoms with van der Waals surface area (Å²) in [6.45, 7) is 2.03. The number of morpholine rings is 1. The third-order valence-electron chi connectivity index (χ3n) is 8.31. The van der Waals surface area contributed by atoms with Crippen LogP contribution in [-0.2, 0) is 11.3 Å². The second-order valence-corrected chi connectivity index (χ2v) is 11.0. The predicted molar refractivity (Wildman–Crippen MR) is 159 cm³/mol. The number of hydrogen-bond donors (Lipinski definition) is 1. The molecule has 3 aliphatic heterocycles. The summed E-state index contributed by atoms with van der Waals surface area (Å²) in [6.07, 6.45) is 0.284. The lowest BCUT2D eigenvalue weighted by molar-refractivity contribution is 0.0299. The molecule has 0 bridgehead atoms. The summed E-state index contributed by atoms with van der Waals surface area (Å²) in [7, 11) is 0. The van der Waals surface area contributed by atoms with Crippen molar-refractivity contribution in [3.8, 4) is 33.9 Å². The summed E-state index contributed by atoms with van der Waals surface area (Å²) in [6, 6.07) is 20.3. The summed E-state index contributed by atoms with van der Waals surface area (Å²) >= 11 is 0. The molecule has 1 atom stereocenters. The van der Waals surface area contributed by atoms with Gasteiger partial charge in [0.05, 0.1) is 24.9 Å². The number of benzene rings is 3. The van der Waals surface area contributed by atoms with Gasteiger partial charge in [-0.25, -0.2) is 9.37 Å². The van der Waals surface area contributed by atoms with Crippen LogP contribution >= 0.6 is 0 Å². The molecule has 0 unspecified atom stereocenters. The van der Waals surface area contributed by atoms with Crippen molar-refractivity contribution >= 4 is 11.8 Å². The van der Waals surface area contributed by atoms with E-state index in [2.05, 4.69) is 0 Å². The number of fused-ring (bicyclic) bond motifs is 2. The Morgan fingerprint density at radius 3 is 2.45 bits per heavy atom. The van der Waals surface area contributed by atoms with Crippen molar-refractivity contribution in [1.82, 2.24) is 14.8 Å². The Labute approximate surface area is 253 Å². The lowest BCUT2D eigenvalue weighted by Crippen LogP contribution is -2.41. The minimum atomic E-state index is -0.488. The van der Waals surface area contributed by atoms with E-state index in [0.29, 0.717) is 49.1 Å². The van der Waals surface area contributed by atoms with E-state index in [1.54, 1.807) is 46.2 Å². The van der Waals surface area contributed by atoms with Crippen molar-refractivity contribution in [2.24, 2.45) is 0 Å². The molecule has 0 radical (unpaired) electrons. The molecule has 1 saturated heterocycles. The monoisotopic (exact) mass is 595 g/mol. The number of aliphatic hydroxyl groups is 1. The van der Waals surface area contributed by atoms with Crippen LogP contribution in [0.3, 0.4) is 0 Å². The van der Waals surface area contributed by atoms with Crippen LogP contribution in [0.4, 0.5) is 4.39 Å². The molecule has 224 valence electrons. The van der Waals surface area contributed by atoms with E-state index in [1.807, 2.05) is 24.3 Å². The van der Waals surface area contributed by atoms with Gasteiger partial charge < -0.3 is 29.1 Å². The van der Waals surface area contributed by atoms with Gasteiger partial charge in [0.2, 0.25) is 6.79 Å². The number of hydrogen-bond acceptors (Lipinski definition) is 7. The maximum atomic E-state index is 14.0. The Bertz CT molecular complexity index is 1740. The van der Waals surface area contributed by atoms with E-state index in [0.717, 1.165) is 27.8 Å². The Kier molecular flexibility index (Phi) is 7.45. The van der Waals surface area contributed by atoms with Gasteiger partial charge >= 0.3 is 0 Å². The molecule has 0 saturated carbocycles. The fourth-order valence-corrected chi connectivity index (χ4v) is 6.14. The third kappa shape index (κ3) is 5.16. The molecule has 3 aliphatic rings. The third-order valence-corrected chi connectivity index (χ3v) is 8.31. The van der Waals surface area contributed by atoms with Crippen molar-refractivity contribution < 1.29 is 33.3 Å². The zero-order valence-electron chi connectivity index (χ0n) is 23.9. The zero-order chi connectivity index (χ0) is 30.2. The molecule has 0 spiro atoms. The van der Waals surface area contributed by atoms with Gasteiger partial charge in [0.15, 0.2) is 11.5 Å². The van der Waals surface area contributed by atoms with Crippen molar-refractivity contribution in [2.45, 2.75) is 19.0 Å². The first-order chi connectivity index (χ1) is 21.5. The molecule has 0 aliphatic carbocycles. The summed E-state index contributed by atoms with van der Waals surface area (Å²) in [4.78, 5) is 36.1. The van der Waals surface area contributed by atoms with Crippen LogP contribution in [-0.4, -0.2) is 71.4 Å². The number of carbonyl (C=O) groups excluding carboxylic acids is 2. The SMILES string of the molecule is O=C(c1cc2c(c(-c3cccc(-c4ccc(F)cc4)c3)n1)[C@H](CCO)N(C(=O)c1ccc3c(c1)OCO3)C2)N1CCOCC1. The lowest BCUT2D eigenvalue weighted by atomic mass is 9.93. The van der Waals surface area contributed by atoms with Crippen LogP contribution in [0.25, 0.3) is 22.4 Å². The Morgan fingerprint density at radius 2 is 1.66 bits per heavy atom. The van der Waals surface area contributed by atoms with Crippen LogP contribution in [0.2, 0.25) is 0 Å². The fourth-order valence-electron chi connectivity index (χ4n) is 6.14. The van der Waals surface area contributed by atoms with E-state index in [1.165, 1.54) is 12.1 Å². The molecule has 4 heterocycles. The first-order valence-electron chi connectivity index (χ1n) is 14.6. The summed E-state index contributed by atoms with van der Waals surface area (Å²) in [5.74, 6) is 0.329. The van der Waals surface area contributed by atoms with Gasteiger partial charge in [0.1, 0.15) is 11.5 Å². The van der Waals surface area contributed by atoms with Crippen LogP contribution in [0.5, 0.6) is 11.5 Å². The molecule has 44 heavy (non-hydrogen) atoms. The van der Waals surface area contributed by atoms with Gasteiger partial charge in [-0.1, -0.05) is 30.3 Å². The number of amides is 2. The minimum Gasteiger partial charge on any atom is -0.454 e. The zero-order valence-corrected chi connectivity index (χ0v) is 23.9. The van der Waals surface area contributed by atoms with E-state index in [-0.39, 0.29) is 49.7 Å². The van der Waals surface area contributed by atoms with Crippen LogP contribution < -0.4 is 9.47 Å². The minimum absolute atomic E-state index is 0.0984. The second kappa shape index (κ2) is 11.7. The fraction of sp³-hybridized carbons (Fsp3) is 0.265. The van der Waals surface area contributed by atoms with Gasteiger partial charge in [0.25, 0.3) is 11.8 Å². The first kappa shape index (κ1) is 28.0. The Hall–Kier alpha value is -4.80. The largest absolute Gasteiger partial charge is 0.454 e. The van der Waals surface area contributed by atoms with Crippen molar-refractivity contribution in [3.05, 3.63) is 101 Å². The molecule has 1 aromatic heterocycles.